The maximum absolute atomic E-state index is 7.33. The molecule has 0 aliphatic rings. The zero-order valence-corrected chi connectivity index (χ0v) is 6.74. The van der Waals surface area contributed by atoms with Crippen LogP contribution in [0.15, 0.2) is 0 Å². The molecule has 0 bridgehead atoms. The van der Waals surface area contributed by atoms with Gasteiger partial charge in [0, 0.05) is 0 Å². The molecule has 0 aromatic heterocycles. The van der Waals surface area contributed by atoms with Gasteiger partial charge in [-0.3, -0.25) is 0 Å². The molecule has 0 saturated carbocycles. The quantitative estimate of drug-likeness (QED) is 0.197. The topological polar surface area (TPSA) is 101 Å². The van der Waals surface area contributed by atoms with E-state index in [1.807, 2.05) is 0 Å². The predicted molar refractivity (Wildman–Crippen MR) is 36.5 cm³/mol. The van der Waals surface area contributed by atoms with Crippen LogP contribution in [-0.4, -0.2) is 78.1 Å². The van der Waals surface area contributed by atoms with Crippen LogP contribution in [0.4, 0.5) is 0 Å². The summed E-state index contributed by atoms with van der Waals surface area (Å²) in [4.78, 5) is 29.3. The first-order valence-electron chi connectivity index (χ1n) is 1.34. The SMILES string of the molecule is O[PH](O)(O)O.[CaH2].[OH][AlH2]. The predicted octanol–water partition coefficient (Wildman–Crippen LogP) is -4.02. The third kappa shape index (κ3) is 96.7. The van der Waals surface area contributed by atoms with E-state index in [2.05, 4.69) is 0 Å². The Kier molecular flexibility index (Phi) is 18.7. The third-order valence-electron chi connectivity index (χ3n) is 0. The van der Waals surface area contributed by atoms with E-state index < -0.39 is 8.17 Å². The molecule has 0 amide bonds. The van der Waals surface area contributed by atoms with Crippen molar-refractivity contribution in [3.8, 4) is 0 Å². The van der Waals surface area contributed by atoms with Crippen molar-refractivity contribution in [1.82, 2.24) is 0 Å². The molecule has 0 fully saturated rings. The van der Waals surface area contributed by atoms with E-state index in [1.54, 1.807) is 0 Å². The van der Waals surface area contributed by atoms with Crippen LogP contribution in [0, 0.1) is 0 Å². The summed E-state index contributed by atoms with van der Waals surface area (Å²) in [6.45, 7) is 0. The summed E-state index contributed by atoms with van der Waals surface area (Å²) < 4.78 is 7.14. The van der Waals surface area contributed by atoms with Gasteiger partial charge in [-0.1, -0.05) is 0 Å². The van der Waals surface area contributed by atoms with Crippen LogP contribution in [0.1, 0.15) is 0 Å². The summed E-state index contributed by atoms with van der Waals surface area (Å²) in [5.74, 6) is 0. The van der Waals surface area contributed by atoms with Crippen LogP contribution in [0.3, 0.4) is 0 Å². The molecular weight excluding hydrogens is 178 g/mol. The Morgan fingerprint density at radius 3 is 0.875 bits per heavy atom. The van der Waals surface area contributed by atoms with Crippen LogP contribution in [0.25, 0.3) is 0 Å². The van der Waals surface area contributed by atoms with Gasteiger partial charge in [0.05, 0.1) is 0 Å². The molecule has 0 atom stereocenters. The van der Waals surface area contributed by atoms with Crippen molar-refractivity contribution in [1.29, 1.82) is 0 Å². The van der Waals surface area contributed by atoms with Gasteiger partial charge >= 0.3 is 82.1 Å². The van der Waals surface area contributed by atoms with Gasteiger partial charge in [-0.25, -0.2) is 0 Å². The van der Waals surface area contributed by atoms with E-state index in [0.717, 1.165) is 0 Å². The van der Waals surface area contributed by atoms with Crippen LogP contribution in [-0.2, 0) is 0 Å². The molecule has 0 aromatic rings. The summed E-state index contributed by atoms with van der Waals surface area (Å²) >= 11 is 0.306. The standard InChI is InChI=1S/Al.Ca.H5O4P.H2O.4H/c;;1-5(2,3)4;;;;;/h;;1-5H;1H2;;;;/q+1;;;;;;;/p-1. The van der Waals surface area contributed by atoms with Crippen LogP contribution >= 0.6 is 8.17 Å². The van der Waals surface area contributed by atoms with Gasteiger partial charge in [-0.05, 0) is 0 Å². The number of hydrogen-bond donors (Lipinski definition) is 5. The zero-order valence-electron chi connectivity index (χ0n) is 3.74. The maximum Gasteiger partial charge on any atom is 0.407 e. The molecule has 0 aliphatic carbocycles. The Balaban J connectivity index is -0.0000000750. The number of hydrogen-bond acceptors (Lipinski definition) is 5. The van der Waals surface area contributed by atoms with Gasteiger partial charge in [-0.2, -0.15) is 0 Å². The van der Waals surface area contributed by atoms with Crippen molar-refractivity contribution in [3.63, 3.8) is 0 Å². The third-order valence-corrected chi connectivity index (χ3v) is 0. The van der Waals surface area contributed by atoms with Gasteiger partial charge < -0.3 is 4.16 Å². The smallest absolute Gasteiger partial charge is 0.407 e. The molecule has 0 unspecified atom stereocenters. The molecule has 8 heavy (non-hydrogen) atoms. The first kappa shape index (κ1) is 16.5. The second kappa shape index (κ2) is 9.02. The summed E-state index contributed by atoms with van der Waals surface area (Å²) in [7, 11) is -4.61. The van der Waals surface area contributed by atoms with E-state index in [-0.39, 0.29) is 37.7 Å². The Hall–Kier alpha value is 2.02. The van der Waals surface area contributed by atoms with Gasteiger partial charge in [0.2, 0.25) is 0 Å². The van der Waals surface area contributed by atoms with E-state index in [4.69, 9.17) is 23.7 Å². The molecule has 5 nitrogen and oxygen atoms in total. The molecule has 0 saturated heterocycles. The normalized spacial score (nSPS) is 10.1. The Bertz CT molecular complexity index is 27.9. The molecule has 0 radical (unpaired) electrons. The fraction of sp³-hybridized carbons (Fsp3) is 0. The van der Waals surface area contributed by atoms with E-state index in [0.29, 0.717) is 16.6 Å². The molecular formula is H10AlCaO5P. The van der Waals surface area contributed by atoms with Crippen LogP contribution < -0.4 is 0 Å². The van der Waals surface area contributed by atoms with Gasteiger partial charge in [0.1, 0.15) is 0 Å². The van der Waals surface area contributed by atoms with Crippen molar-refractivity contribution in [2.24, 2.45) is 0 Å². The van der Waals surface area contributed by atoms with E-state index in [1.165, 1.54) is 0 Å². The fourth-order valence-electron chi connectivity index (χ4n) is 0. The second-order valence-corrected chi connectivity index (χ2v) is 1.80. The summed E-state index contributed by atoms with van der Waals surface area (Å²) in [6, 6.07) is 0. The van der Waals surface area contributed by atoms with Gasteiger partial charge in [-0.15, -0.1) is 0 Å². The van der Waals surface area contributed by atoms with E-state index in [9.17, 15) is 0 Å². The first-order chi connectivity index (χ1) is 3.00. The largest absolute Gasteiger partial charge is 0.521 e. The maximum atomic E-state index is 7.33. The van der Waals surface area contributed by atoms with E-state index >= 15 is 0 Å². The second-order valence-electron chi connectivity index (χ2n) is 0.600. The first-order valence-corrected chi connectivity index (χ1v) is 4.02. The fourth-order valence-corrected chi connectivity index (χ4v) is 0. The van der Waals surface area contributed by atoms with Crippen molar-refractivity contribution < 1.29 is 23.7 Å². The Morgan fingerprint density at radius 1 is 0.875 bits per heavy atom. The van der Waals surface area contributed by atoms with Crippen LogP contribution in [0.2, 0.25) is 0 Å². The monoisotopic (exact) mass is 188 g/mol. The summed E-state index contributed by atoms with van der Waals surface area (Å²) in [6.07, 6.45) is 0. The number of rotatable bonds is 0. The van der Waals surface area contributed by atoms with Crippen molar-refractivity contribution >= 4 is 62.5 Å². The minimum Gasteiger partial charge on any atom is -0.521 e. The van der Waals surface area contributed by atoms with Gasteiger partial charge in [0.15, 0.2) is 0 Å². The Labute approximate surface area is 85.4 Å². The summed E-state index contributed by atoms with van der Waals surface area (Å²) in [5, 5.41) is 0. The summed E-state index contributed by atoms with van der Waals surface area (Å²) in [5.41, 5.74) is 0. The molecule has 0 rings (SSSR count). The van der Waals surface area contributed by atoms with Gasteiger partial charge in [0.25, 0.3) is 0 Å². The van der Waals surface area contributed by atoms with Crippen molar-refractivity contribution in [2.75, 3.05) is 0 Å². The molecule has 0 heterocycles. The minimum absolute atomic E-state index is 0. The molecule has 50 valence electrons. The molecule has 0 aromatic carbocycles. The zero-order chi connectivity index (χ0) is 6.50. The molecule has 0 aliphatic heterocycles. The minimum atomic E-state index is -4.61. The Morgan fingerprint density at radius 2 is 0.875 bits per heavy atom. The van der Waals surface area contributed by atoms with Crippen LogP contribution in [0.5, 0.6) is 0 Å². The van der Waals surface area contributed by atoms with Crippen molar-refractivity contribution in [2.45, 2.75) is 0 Å². The average Bonchev–Trinajstić information content (AvgIpc) is 1.36. The molecule has 0 spiro atoms. The molecule has 8 heteroatoms. The average molecular weight is 188 g/mol. The molecule has 5 N–H and O–H groups in total. The van der Waals surface area contributed by atoms with Crippen molar-refractivity contribution in [3.05, 3.63) is 0 Å².